The average Bonchev–Trinajstić information content (AvgIpc) is 2.31. The topological polar surface area (TPSA) is 56.2 Å². The normalized spacial score (nSPS) is 11.4. The van der Waals surface area contributed by atoms with E-state index in [1.165, 1.54) is 7.11 Å². The molecule has 5 nitrogen and oxygen atoms in total. The van der Waals surface area contributed by atoms with Gasteiger partial charge in [0.25, 0.3) is 0 Å². The Labute approximate surface area is 115 Å². The molecular weight excluding hydrogens is 244 g/mol. The lowest BCUT2D eigenvalue weighted by Gasteiger charge is -2.22. The lowest BCUT2D eigenvalue weighted by atomic mass is 9.99. The largest absolute Gasteiger partial charge is 0.507 e. The Kier molecular flexibility index (Phi) is 5.03. The van der Waals surface area contributed by atoms with Gasteiger partial charge < -0.3 is 24.7 Å². The van der Waals surface area contributed by atoms with Gasteiger partial charge in [0, 0.05) is 24.2 Å². The van der Waals surface area contributed by atoms with Crippen molar-refractivity contribution in [1.29, 1.82) is 0 Å². The highest BCUT2D eigenvalue weighted by Gasteiger charge is 2.22. The summed E-state index contributed by atoms with van der Waals surface area (Å²) < 4.78 is 5.25. The highest BCUT2D eigenvalue weighted by molar-refractivity contribution is 5.61. The maximum absolute atomic E-state index is 10.5. The molecule has 0 atom stereocenters. The summed E-state index contributed by atoms with van der Waals surface area (Å²) in [7, 11) is 9.15. The molecule has 0 aromatic heterocycles. The molecule has 0 aliphatic rings. The minimum atomic E-state index is 0.106. The van der Waals surface area contributed by atoms with Gasteiger partial charge in [-0.1, -0.05) is 0 Å². The molecule has 0 radical (unpaired) electrons. The first-order valence-corrected chi connectivity index (χ1v) is 6.19. The van der Waals surface area contributed by atoms with E-state index < -0.39 is 0 Å². The standard InChI is InChI=1S/C14H24N2O3/c1-9-10(7-15(2)3)13(18)11(8-16(4)5)14(19-6)12(9)17/h17-18H,7-8H2,1-6H3. The third-order valence-electron chi connectivity index (χ3n) is 3.02. The highest BCUT2D eigenvalue weighted by atomic mass is 16.5. The van der Waals surface area contributed by atoms with E-state index in [4.69, 9.17) is 4.74 Å². The van der Waals surface area contributed by atoms with Crippen LogP contribution in [0.15, 0.2) is 0 Å². The Bertz CT molecular complexity index is 457. The van der Waals surface area contributed by atoms with E-state index in [1.807, 2.05) is 38.0 Å². The van der Waals surface area contributed by atoms with Crippen LogP contribution in [0.5, 0.6) is 17.2 Å². The molecule has 0 aliphatic carbocycles. The Hall–Kier alpha value is -1.46. The number of methoxy groups -OCH3 is 1. The molecule has 0 amide bonds. The Morgan fingerprint density at radius 3 is 1.79 bits per heavy atom. The molecule has 1 rings (SSSR count). The van der Waals surface area contributed by atoms with Crippen molar-refractivity contribution in [3.8, 4) is 17.2 Å². The third-order valence-corrected chi connectivity index (χ3v) is 3.02. The molecule has 0 fully saturated rings. The third kappa shape index (κ3) is 3.30. The van der Waals surface area contributed by atoms with Crippen molar-refractivity contribution in [2.24, 2.45) is 0 Å². The molecule has 108 valence electrons. The first-order valence-electron chi connectivity index (χ1n) is 6.19. The van der Waals surface area contributed by atoms with Crippen LogP contribution in [0.25, 0.3) is 0 Å². The van der Waals surface area contributed by atoms with Crippen LogP contribution in [-0.4, -0.2) is 55.3 Å². The number of hydrogen-bond donors (Lipinski definition) is 2. The predicted octanol–water partition coefficient (Wildman–Crippen LogP) is 1.54. The Morgan fingerprint density at radius 1 is 0.895 bits per heavy atom. The second-order valence-corrected chi connectivity index (χ2v) is 5.29. The van der Waals surface area contributed by atoms with Gasteiger partial charge in [-0.25, -0.2) is 0 Å². The Balaban J connectivity index is 3.46. The molecule has 1 aromatic rings. The molecule has 0 aliphatic heterocycles. The van der Waals surface area contributed by atoms with Crippen molar-refractivity contribution in [1.82, 2.24) is 9.80 Å². The van der Waals surface area contributed by atoms with Crippen LogP contribution in [0, 0.1) is 6.92 Å². The molecule has 0 saturated heterocycles. The minimum Gasteiger partial charge on any atom is -0.507 e. The summed E-state index contributed by atoms with van der Waals surface area (Å²) in [5, 5.41) is 20.7. The minimum absolute atomic E-state index is 0.106. The van der Waals surface area contributed by atoms with Crippen molar-refractivity contribution in [3.05, 3.63) is 16.7 Å². The molecule has 0 bridgehead atoms. The zero-order valence-electron chi connectivity index (χ0n) is 12.6. The zero-order valence-corrected chi connectivity index (χ0v) is 12.6. The van der Waals surface area contributed by atoms with Crippen LogP contribution < -0.4 is 4.74 Å². The fourth-order valence-electron chi connectivity index (χ4n) is 2.12. The summed E-state index contributed by atoms with van der Waals surface area (Å²) in [6, 6.07) is 0. The maximum atomic E-state index is 10.5. The van der Waals surface area contributed by atoms with Crippen LogP contribution in [0.3, 0.4) is 0 Å². The monoisotopic (exact) mass is 268 g/mol. The van der Waals surface area contributed by atoms with Gasteiger partial charge in [-0.15, -0.1) is 0 Å². The molecule has 2 N–H and O–H groups in total. The second kappa shape index (κ2) is 6.12. The maximum Gasteiger partial charge on any atom is 0.168 e. The van der Waals surface area contributed by atoms with Crippen molar-refractivity contribution in [3.63, 3.8) is 0 Å². The van der Waals surface area contributed by atoms with Gasteiger partial charge in [0.15, 0.2) is 11.5 Å². The van der Waals surface area contributed by atoms with E-state index in [0.717, 1.165) is 5.56 Å². The molecule has 0 spiro atoms. The summed E-state index contributed by atoms with van der Waals surface area (Å²) in [5.74, 6) is 0.662. The smallest absolute Gasteiger partial charge is 0.168 e. The summed E-state index contributed by atoms with van der Waals surface area (Å²) in [6.45, 7) is 2.86. The van der Waals surface area contributed by atoms with Crippen LogP contribution in [-0.2, 0) is 13.1 Å². The molecule has 0 heterocycles. The van der Waals surface area contributed by atoms with Gasteiger partial charge in [-0.05, 0) is 35.1 Å². The highest BCUT2D eigenvalue weighted by Crippen LogP contribution is 2.43. The van der Waals surface area contributed by atoms with E-state index in [-0.39, 0.29) is 11.5 Å². The van der Waals surface area contributed by atoms with Crippen LogP contribution >= 0.6 is 0 Å². The van der Waals surface area contributed by atoms with Crippen LogP contribution in [0.4, 0.5) is 0 Å². The number of nitrogens with zero attached hydrogens (tertiary/aromatic N) is 2. The van der Waals surface area contributed by atoms with Gasteiger partial charge in [0.05, 0.1) is 12.7 Å². The molecule has 0 unspecified atom stereocenters. The van der Waals surface area contributed by atoms with Gasteiger partial charge in [-0.2, -0.15) is 0 Å². The van der Waals surface area contributed by atoms with E-state index in [1.54, 1.807) is 6.92 Å². The summed E-state index contributed by atoms with van der Waals surface area (Å²) >= 11 is 0. The Morgan fingerprint density at radius 2 is 1.37 bits per heavy atom. The average molecular weight is 268 g/mol. The molecular formula is C14H24N2O3. The zero-order chi connectivity index (χ0) is 14.7. The van der Waals surface area contributed by atoms with Crippen molar-refractivity contribution >= 4 is 0 Å². The van der Waals surface area contributed by atoms with Gasteiger partial charge in [0.2, 0.25) is 0 Å². The van der Waals surface area contributed by atoms with E-state index in [2.05, 4.69) is 0 Å². The number of phenolic OH excluding ortho intramolecular Hbond substituents is 2. The van der Waals surface area contributed by atoms with Crippen molar-refractivity contribution in [2.45, 2.75) is 20.0 Å². The predicted molar refractivity (Wildman–Crippen MR) is 75.8 cm³/mol. The molecule has 0 saturated carbocycles. The van der Waals surface area contributed by atoms with E-state index in [0.29, 0.717) is 30.0 Å². The lowest BCUT2D eigenvalue weighted by Crippen LogP contribution is -2.16. The number of hydrogen-bond acceptors (Lipinski definition) is 5. The summed E-state index contributed by atoms with van der Waals surface area (Å²) in [4.78, 5) is 3.87. The SMILES string of the molecule is COc1c(O)c(C)c(CN(C)C)c(O)c1CN(C)C. The second-order valence-electron chi connectivity index (χ2n) is 5.29. The number of ether oxygens (including phenoxy) is 1. The van der Waals surface area contributed by atoms with Crippen LogP contribution in [0.1, 0.15) is 16.7 Å². The quantitative estimate of drug-likeness (QED) is 0.793. The fourth-order valence-corrected chi connectivity index (χ4v) is 2.12. The number of aromatic hydroxyl groups is 2. The van der Waals surface area contributed by atoms with Crippen LogP contribution in [0.2, 0.25) is 0 Å². The van der Waals surface area contributed by atoms with Crippen molar-refractivity contribution in [2.75, 3.05) is 35.3 Å². The first-order chi connectivity index (χ1) is 8.79. The van der Waals surface area contributed by atoms with Gasteiger partial charge >= 0.3 is 0 Å². The number of benzene rings is 1. The lowest BCUT2D eigenvalue weighted by molar-refractivity contribution is 0.329. The number of phenols is 2. The van der Waals surface area contributed by atoms with Gasteiger partial charge in [-0.3, -0.25) is 0 Å². The summed E-state index contributed by atoms with van der Waals surface area (Å²) in [5.41, 5.74) is 2.01. The van der Waals surface area contributed by atoms with Gasteiger partial charge in [0.1, 0.15) is 5.75 Å². The fraction of sp³-hybridized carbons (Fsp3) is 0.571. The molecule has 19 heavy (non-hydrogen) atoms. The first kappa shape index (κ1) is 15.6. The van der Waals surface area contributed by atoms with E-state index >= 15 is 0 Å². The molecule has 5 heteroatoms. The van der Waals surface area contributed by atoms with E-state index in [9.17, 15) is 10.2 Å². The number of rotatable bonds is 5. The van der Waals surface area contributed by atoms with Crippen molar-refractivity contribution < 1.29 is 14.9 Å². The molecule has 1 aromatic carbocycles. The summed E-state index contributed by atoms with van der Waals surface area (Å²) in [6.07, 6.45) is 0.